The summed E-state index contributed by atoms with van der Waals surface area (Å²) in [5.74, 6) is 1.80. The van der Waals surface area contributed by atoms with E-state index in [0.29, 0.717) is 6.54 Å². The summed E-state index contributed by atoms with van der Waals surface area (Å²) in [4.78, 5) is 3.00. The van der Waals surface area contributed by atoms with Gasteiger partial charge < -0.3 is 15.1 Å². The standard InChI is InChI=1S/C10H12N2O/c11-6-10-2-1-9(13-10)5-8-3-4-12-7-8/h1-4,7,12H,5-6,11H2. The van der Waals surface area contributed by atoms with Crippen LogP contribution in [0.25, 0.3) is 0 Å². The minimum absolute atomic E-state index is 0.465. The van der Waals surface area contributed by atoms with Gasteiger partial charge in [0.1, 0.15) is 11.5 Å². The van der Waals surface area contributed by atoms with Gasteiger partial charge in [0.25, 0.3) is 0 Å². The average Bonchev–Trinajstić information content (AvgIpc) is 2.76. The molecule has 2 aromatic heterocycles. The smallest absolute Gasteiger partial charge is 0.117 e. The highest BCUT2D eigenvalue weighted by Gasteiger charge is 2.01. The van der Waals surface area contributed by atoms with Crippen molar-refractivity contribution in [3.63, 3.8) is 0 Å². The fraction of sp³-hybridized carbons (Fsp3) is 0.200. The monoisotopic (exact) mass is 176 g/mol. The fourth-order valence-corrected chi connectivity index (χ4v) is 1.30. The number of nitrogens with two attached hydrogens (primary N) is 1. The molecule has 0 fully saturated rings. The molecule has 3 heteroatoms. The van der Waals surface area contributed by atoms with Crippen molar-refractivity contribution in [2.45, 2.75) is 13.0 Å². The third kappa shape index (κ3) is 1.81. The van der Waals surface area contributed by atoms with Crippen molar-refractivity contribution in [2.24, 2.45) is 5.73 Å². The molecule has 0 unspecified atom stereocenters. The lowest BCUT2D eigenvalue weighted by atomic mass is 10.2. The van der Waals surface area contributed by atoms with Gasteiger partial charge in [0.05, 0.1) is 6.54 Å². The molecule has 0 saturated carbocycles. The van der Waals surface area contributed by atoms with E-state index >= 15 is 0 Å². The second kappa shape index (κ2) is 3.49. The predicted molar refractivity (Wildman–Crippen MR) is 50.2 cm³/mol. The average molecular weight is 176 g/mol. The third-order valence-electron chi connectivity index (χ3n) is 1.96. The highest BCUT2D eigenvalue weighted by Crippen LogP contribution is 2.12. The van der Waals surface area contributed by atoms with Gasteiger partial charge >= 0.3 is 0 Å². The Hall–Kier alpha value is -1.48. The van der Waals surface area contributed by atoms with Crippen molar-refractivity contribution in [1.29, 1.82) is 0 Å². The van der Waals surface area contributed by atoms with Crippen LogP contribution in [-0.2, 0) is 13.0 Å². The molecule has 68 valence electrons. The Balaban J connectivity index is 2.10. The van der Waals surface area contributed by atoms with Gasteiger partial charge in [-0.3, -0.25) is 0 Å². The van der Waals surface area contributed by atoms with Crippen LogP contribution in [0.5, 0.6) is 0 Å². The first-order valence-electron chi connectivity index (χ1n) is 4.28. The lowest BCUT2D eigenvalue weighted by Crippen LogP contribution is -1.92. The van der Waals surface area contributed by atoms with Crippen molar-refractivity contribution < 1.29 is 4.42 Å². The number of H-pyrrole nitrogens is 1. The minimum Gasteiger partial charge on any atom is -0.464 e. The van der Waals surface area contributed by atoms with Crippen LogP contribution < -0.4 is 5.73 Å². The van der Waals surface area contributed by atoms with E-state index in [1.807, 2.05) is 30.6 Å². The zero-order valence-electron chi connectivity index (χ0n) is 7.29. The second-order valence-corrected chi connectivity index (χ2v) is 2.97. The number of rotatable bonds is 3. The molecule has 3 N–H and O–H groups in total. The summed E-state index contributed by atoms with van der Waals surface area (Å²) in [7, 11) is 0. The van der Waals surface area contributed by atoms with E-state index in [0.717, 1.165) is 17.9 Å². The summed E-state index contributed by atoms with van der Waals surface area (Å²) < 4.78 is 5.47. The van der Waals surface area contributed by atoms with Crippen LogP contribution in [0.2, 0.25) is 0 Å². The van der Waals surface area contributed by atoms with Crippen LogP contribution in [0.3, 0.4) is 0 Å². The number of hydrogen-bond donors (Lipinski definition) is 2. The molecule has 2 heterocycles. The molecule has 0 bridgehead atoms. The van der Waals surface area contributed by atoms with Crippen LogP contribution >= 0.6 is 0 Å². The summed E-state index contributed by atoms with van der Waals surface area (Å²) in [5.41, 5.74) is 6.66. The van der Waals surface area contributed by atoms with E-state index in [1.165, 1.54) is 5.56 Å². The molecule has 0 aliphatic rings. The zero-order chi connectivity index (χ0) is 9.10. The first-order chi connectivity index (χ1) is 6.38. The molecule has 0 atom stereocenters. The Morgan fingerprint density at radius 3 is 2.69 bits per heavy atom. The lowest BCUT2D eigenvalue weighted by Gasteiger charge is -1.92. The molecule has 0 saturated heterocycles. The van der Waals surface area contributed by atoms with Gasteiger partial charge in [0.2, 0.25) is 0 Å². The van der Waals surface area contributed by atoms with Crippen molar-refractivity contribution in [1.82, 2.24) is 4.98 Å². The molecule has 0 amide bonds. The van der Waals surface area contributed by atoms with Crippen molar-refractivity contribution in [2.75, 3.05) is 0 Å². The van der Waals surface area contributed by atoms with Crippen LogP contribution in [0, 0.1) is 0 Å². The van der Waals surface area contributed by atoms with Gasteiger partial charge in [-0.2, -0.15) is 0 Å². The zero-order valence-corrected chi connectivity index (χ0v) is 7.29. The quantitative estimate of drug-likeness (QED) is 0.747. The molecule has 0 aromatic carbocycles. The first-order valence-corrected chi connectivity index (χ1v) is 4.28. The summed E-state index contributed by atoms with van der Waals surface area (Å²) in [6.07, 6.45) is 4.69. The van der Waals surface area contributed by atoms with Gasteiger partial charge in [-0.15, -0.1) is 0 Å². The molecule has 0 spiro atoms. The maximum atomic E-state index is 5.47. The highest BCUT2D eigenvalue weighted by atomic mass is 16.3. The Morgan fingerprint density at radius 1 is 1.23 bits per heavy atom. The molecule has 13 heavy (non-hydrogen) atoms. The summed E-state index contributed by atoms with van der Waals surface area (Å²) in [5, 5.41) is 0. The van der Waals surface area contributed by atoms with Crippen LogP contribution in [0.4, 0.5) is 0 Å². The van der Waals surface area contributed by atoms with E-state index in [2.05, 4.69) is 4.98 Å². The maximum absolute atomic E-state index is 5.47. The van der Waals surface area contributed by atoms with Crippen LogP contribution in [0.15, 0.2) is 35.0 Å². The number of aromatic amines is 1. The van der Waals surface area contributed by atoms with Crippen molar-refractivity contribution in [3.8, 4) is 0 Å². The Labute approximate surface area is 76.6 Å². The normalized spacial score (nSPS) is 10.5. The van der Waals surface area contributed by atoms with Gasteiger partial charge in [0.15, 0.2) is 0 Å². The Kier molecular flexibility index (Phi) is 2.19. The van der Waals surface area contributed by atoms with E-state index in [4.69, 9.17) is 10.2 Å². The fourth-order valence-electron chi connectivity index (χ4n) is 1.30. The molecular weight excluding hydrogens is 164 g/mol. The molecule has 2 rings (SSSR count). The van der Waals surface area contributed by atoms with E-state index < -0.39 is 0 Å². The van der Waals surface area contributed by atoms with Gasteiger partial charge in [-0.1, -0.05) is 0 Å². The number of hydrogen-bond acceptors (Lipinski definition) is 2. The molecular formula is C10H12N2O. The molecule has 2 aromatic rings. The highest BCUT2D eigenvalue weighted by molar-refractivity contribution is 5.18. The van der Waals surface area contributed by atoms with Gasteiger partial charge in [-0.05, 0) is 23.8 Å². The summed E-state index contributed by atoms with van der Waals surface area (Å²) in [6.45, 7) is 0.465. The predicted octanol–water partition coefficient (Wildman–Crippen LogP) is 1.66. The molecule has 0 aliphatic heterocycles. The van der Waals surface area contributed by atoms with Crippen molar-refractivity contribution >= 4 is 0 Å². The first kappa shape index (κ1) is 8.13. The summed E-state index contributed by atoms with van der Waals surface area (Å²) in [6, 6.07) is 5.92. The van der Waals surface area contributed by atoms with Gasteiger partial charge in [-0.25, -0.2) is 0 Å². The number of furan rings is 1. The van der Waals surface area contributed by atoms with E-state index in [-0.39, 0.29) is 0 Å². The van der Waals surface area contributed by atoms with Gasteiger partial charge in [0, 0.05) is 18.8 Å². The van der Waals surface area contributed by atoms with E-state index in [9.17, 15) is 0 Å². The maximum Gasteiger partial charge on any atom is 0.117 e. The van der Waals surface area contributed by atoms with E-state index in [1.54, 1.807) is 0 Å². The second-order valence-electron chi connectivity index (χ2n) is 2.97. The molecule has 3 nitrogen and oxygen atoms in total. The van der Waals surface area contributed by atoms with Crippen LogP contribution in [0.1, 0.15) is 17.1 Å². The number of aromatic nitrogens is 1. The SMILES string of the molecule is NCc1ccc(Cc2cc[nH]c2)o1. The van der Waals surface area contributed by atoms with Crippen LogP contribution in [-0.4, -0.2) is 4.98 Å². The lowest BCUT2D eigenvalue weighted by molar-refractivity contribution is 0.475. The van der Waals surface area contributed by atoms with Crippen molar-refractivity contribution in [3.05, 3.63) is 47.7 Å². The Bertz CT molecular complexity index is 362. The topological polar surface area (TPSA) is 55.0 Å². The summed E-state index contributed by atoms with van der Waals surface area (Å²) >= 11 is 0. The largest absolute Gasteiger partial charge is 0.464 e. The third-order valence-corrected chi connectivity index (χ3v) is 1.96. The Morgan fingerprint density at radius 2 is 2.08 bits per heavy atom. The molecule has 0 radical (unpaired) electrons. The molecule has 0 aliphatic carbocycles. The minimum atomic E-state index is 0.465. The number of nitrogens with one attached hydrogen (secondary N) is 1.